The fraction of sp³-hybridized carbons (Fsp3) is 0.538. The molecule has 0 spiro atoms. The third-order valence-corrected chi connectivity index (χ3v) is 3.89. The predicted molar refractivity (Wildman–Crippen MR) is 60.4 cm³/mol. The predicted octanol–water partition coefficient (Wildman–Crippen LogP) is 1.94. The number of hydrogen-bond donors (Lipinski definition) is 1. The quantitative estimate of drug-likeness (QED) is 0.753. The Hall–Kier alpha value is -1.02. The van der Waals surface area contributed by atoms with Gasteiger partial charge in [-0.05, 0) is 42.5 Å². The van der Waals surface area contributed by atoms with E-state index in [9.17, 15) is 0 Å². The van der Waals surface area contributed by atoms with Gasteiger partial charge in [-0.3, -0.25) is 0 Å². The minimum atomic E-state index is 0.726. The summed E-state index contributed by atoms with van der Waals surface area (Å²) in [7, 11) is 1.77. The first-order valence-electron chi connectivity index (χ1n) is 5.76. The molecule has 0 radical (unpaired) electrons. The van der Waals surface area contributed by atoms with Crippen molar-refractivity contribution in [2.24, 2.45) is 5.92 Å². The molecule has 1 heterocycles. The molecule has 2 nitrogen and oxygen atoms in total. The fourth-order valence-electron chi connectivity index (χ4n) is 3.12. The Kier molecular flexibility index (Phi) is 2.17. The Labute approximate surface area is 90.6 Å². The number of methoxy groups -OCH3 is 1. The smallest absolute Gasteiger partial charge is 0.122 e. The molecule has 1 fully saturated rings. The molecular weight excluding hydrogens is 186 g/mol. The van der Waals surface area contributed by atoms with E-state index in [1.165, 1.54) is 30.5 Å². The summed E-state index contributed by atoms with van der Waals surface area (Å²) in [6.07, 6.45) is 2.49. The van der Waals surface area contributed by atoms with Crippen LogP contribution in [0.3, 0.4) is 0 Å². The van der Waals surface area contributed by atoms with Crippen molar-refractivity contribution < 1.29 is 4.74 Å². The first kappa shape index (κ1) is 9.22. The number of ether oxygens (including phenoxy) is 1. The Balaban J connectivity index is 2.07. The van der Waals surface area contributed by atoms with Crippen molar-refractivity contribution >= 4 is 0 Å². The van der Waals surface area contributed by atoms with Gasteiger partial charge in [0.15, 0.2) is 0 Å². The molecule has 1 aliphatic heterocycles. The van der Waals surface area contributed by atoms with Crippen molar-refractivity contribution in [1.82, 2.24) is 5.32 Å². The van der Waals surface area contributed by atoms with Crippen LogP contribution in [-0.2, 0) is 6.42 Å². The number of nitrogens with one attached hydrogen (secondary N) is 1. The average molecular weight is 203 g/mol. The third kappa shape index (κ3) is 1.36. The highest BCUT2D eigenvalue weighted by Gasteiger charge is 2.34. The highest BCUT2D eigenvalue weighted by Crippen LogP contribution is 2.41. The average Bonchev–Trinajstić information content (AvgIpc) is 2.76. The topological polar surface area (TPSA) is 21.3 Å². The van der Waals surface area contributed by atoms with E-state index < -0.39 is 0 Å². The van der Waals surface area contributed by atoms with Crippen LogP contribution in [0.15, 0.2) is 18.2 Å². The maximum Gasteiger partial charge on any atom is 0.122 e. The van der Waals surface area contributed by atoms with Crippen LogP contribution in [0, 0.1) is 5.92 Å². The van der Waals surface area contributed by atoms with E-state index in [2.05, 4.69) is 23.5 Å². The van der Waals surface area contributed by atoms with Crippen LogP contribution < -0.4 is 10.1 Å². The molecule has 1 N–H and O–H groups in total. The van der Waals surface area contributed by atoms with Gasteiger partial charge in [0.25, 0.3) is 0 Å². The van der Waals surface area contributed by atoms with Crippen molar-refractivity contribution in [3.63, 3.8) is 0 Å². The van der Waals surface area contributed by atoms with Crippen LogP contribution in [0.1, 0.15) is 23.5 Å². The van der Waals surface area contributed by atoms with Crippen LogP contribution in [0.5, 0.6) is 5.75 Å². The van der Waals surface area contributed by atoms with Crippen molar-refractivity contribution in [1.29, 1.82) is 0 Å². The highest BCUT2D eigenvalue weighted by atomic mass is 16.5. The van der Waals surface area contributed by atoms with Gasteiger partial charge in [-0.15, -0.1) is 0 Å². The van der Waals surface area contributed by atoms with E-state index in [0.717, 1.165) is 24.1 Å². The molecule has 1 aromatic carbocycles. The Morgan fingerprint density at radius 2 is 2.27 bits per heavy atom. The van der Waals surface area contributed by atoms with Gasteiger partial charge in [0.2, 0.25) is 0 Å². The second kappa shape index (κ2) is 3.53. The second-order valence-electron chi connectivity index (χ2n) is 4.59. The zero-order chi connectivity index (χ0) is 10.3. The summed E-state index contributed by atoms with van der Waals surface area (Å²) in [6, 6.07) is 6.49. The molecule has 0 bridgehead atoms. The highest BCUT2D eigenvalue weighted by molar-refractivity contribution is 5.44. The lowest BCUT2D eigenvalue weighted by Crippen LogP contribution is -2.19. The maximum atomic E-state index is 5.44. The molecule has 1 saturated heterocycles. The fourth-order valence-corrected chi connectivity index (χ4v) is 3.12. The molecule has 1 aromatic rings. The summed E-state index contributed by atoms with van der Waals surface area (Å²) in [4.78, 5) is 0. The van der Waals surface area contributed by atoms with Crippen LogP contribution in [0.25, 0.3) is 0 Å². The number of fused-ring (bicyclic) bond motifs is 3. The Morgan fingerprint density at radius 1 is 1.33 bits per heavy atom. The van der Waals surface area contributed by atoms with Gasteiger partial charge < -0.3 is 10.1 Å². The van der Waals surface area contributed by atoms with Crippen molar-refractivity contribution in [2.45, 2.75) is 18.8 Å². The minimum absolute atomic E-state index is 0.726. The monoisotopic (exact) mass is 203 g/mol. The molecular formula is C13H17NO. The Morgan fingerprint density at radius 3 is 3.13 bits per heavy atom. The van der Waals surface area contributed by atoms with E-state index in [1.807, 2.05) is 0 Å². The first-order valence-corrected chi connectivity index (χ1v) is 5.76. The van der Waals surface area contributed by atoms with E-state index in [0.29, 0.717) is 0 Å². The molecule has 2 atom stereocenters. The van der Waals surface area contributed by atoms with Crippen molar-refractivity contribution in [3.8, 4) is 5.75 Å². The molecule has 0 unspecified atom stereocenters. The summed E-state index contributed by atoms with van der Waals surface area (Å²) in [6.45, 7) is 2.34. The van der Waals surface area contributed by atoms with Gasteiger partial charge in [0.05, 0.1) is 7.11 Å². The largest absolute Gasteiger partial charge is 0.496 e. The molecule has 2 heteroatoms. The molecule has 2 aliphatic rings. The lowest BCUT2D eigenvalue weighted by Gasteiger charge is -2.28. The van der Waals surface area contributed by atoms with Gasteiger partial charge >= 0.3 is 0 Å². The first-order chi connectivity index (χ1) is 7.40. The minimum Gasteiger partial charge on any atom is -0.496 e. The van der Waals surface area contributed by atoms with Crippen LogP contribution >= 0.6 is 0 Å². The van der Waals surface area contributed by atoms with Gasteiger partial charge in [-0.1, -0.05) is 12.1 Å². The normalized spacial score (nSPS) is 28.3. The zero-order valence-corrected chi connectivity index (χ0v) is 9.12. The standard InChI is InChI=1S/C13H17NO/c1-15-13-4-2-3-10-11(13)6-5-9-7-14-8-12(9)10/h2-4,9,12,14H,5-8H2,1H3/t9-,12-/m0/s1. The number of benzene rings is 1. The third-order valence-electron chi connectivity index (χ3n) is 3.89. The molecule has 80 valence electrons. The maximum absolute atomic E-state index is 5.44. The second-order valence-corrected chi connectivity index (χ2v) is 4.59. The molecule has 0 amide bonds. The number of rotatable bonds is 1. The molecule has 15 heavy (non-hydrogen) atoms. The summed E-state index contributed by atoms with van der Waals surface area (Å²) >= 11 is 0. The van der Waals surface area contributed by atoms with E-state index in [-0.39, 0.29) is 0 Å². The summed E-state index contributed by atoms with van der Waals surface area (Å²) < 4.78 is 5.44. The zero-order valence-electron chi connectivity index (χ0n) is 9.12. The van der Waals surface area contributed by atoms with E-state index >= 15 is 0 Å². The van der Waals surface area contributed by atoms with Crippen LogP contribution in [0.2, 0.25) is 0 Å². The van der Waals surface area contributed by atoms with Crippen molar-refractivity contribution in [3.05, 3.63) is 29.3 Å². The van der Waals surface area contributed by atoms with Gasteiger partial charge in [0, 0.05) is 12.5 Å². The Bertz CT molecular complexity index is 375. The summed E-state index contributed by atoms with van der Waals surface area (Å²) in [5, 5.41) is 3.50. The summed E-state index contributed by atoms with van der Waals surface area (Å²) in [5.41, 5.74) is 2.97. The molecule has 0 saturated carbocycles. The van der Waals surface area contributed by atoms with Gasteiger partial charge in [-0.25, -0.2) is 0 Å². The molecule has 0 aromatic heterocycles. The number of hydrogen-bond acceptors (Lipinski definition) is 2. The lowest BCUT2D eigenvalue weighted by molar-refractivity contribution is 0.392. The lowest BCUT2D eigenvalue weighted by atomic mass is 9.77. The summed E-state index contributed by atoms with van der Waals surface area (Å²) in [5.74, 6) is 2.66. The van der Waals surface area contributed by atoms with E-state index in [1.54, 1.807) is 7.11 Å². The molecule has 1 aliphatic carbocycles. The van der Waals surface area contributed by atoms with Crippen LogP contribution in [-0.4, -0.2) is 20.2 Å². The van der Waals surface area contributed by atoms with E-state index in [4.69, 9.17) is 4.74 Å². The molecule has 3 rings (SSSR count). The van der Waals surface area contributed by atoms with Crippen LogP contribution in [0.4, 0.5) is 0 Å². The van der Waals surface area contributed by atoms with Gasteiger partial charge in [0.1, 0.15) is 5.75 Å². The van der Waals surface area contributed by atoms with Crippen molar-refractivity contribution in [2.75, 3.05) is 20.2 Å². The van der Waals surface area contributed by atoms with Gasteiger partial charge in [-0.2, -0.15) is 0 Å². The SMILES string of the molecule is COc1cccc2c1CC[C@H]1CNC[C@H]21.